The smallest absolute Gasteiger partial charge is 0.475 e. The molecule has 13 heteroatoms. The van der Waals surface area contributed by atoms with Crippen molar-refractivity contribution in [1.29, 1.82) is 0 Å². The van der Waals surface area contributed by atoms with Gasteiger partial charge in [0.05, 0.1) is 19.5 Å². The lowest BCUT2D eigenvalue weighted by molar-refractivity contribution is -0.0872. The van der Waals surface area contributed by atoms with Gasteiger partial charge in [0.1, 0.15) is 23.3 Å². The van der Waals surface area contributed by atoms with Gasteiger partial charge < -0.3 is 15.2 Å². The lowest BCUT2D eigenvalue weighted by Gasteiger charge is -2.37. The average molecular weight is 450 g/mol. The number of hydrogen-bond donors (Lipinski definition) is 1. The van der Waals surface area contributed by atoms with Crippen molar-refractivity contribution in [2.75, 3.05) is 12.8 Å². The molecule has 0 amide bonds. The summed E-state index contributed by atoms with van der Waals surface area (Å²) in [5, 5.41) is 0. The van der Waals surface area contributed by atoms with E-state index in [1.807, 2.05) is 6.92 Å². The van der Waals surface area contributed by atoms with Crippen LogP contribution in [0.15, 0.2) is 11.3 Å². The van der Waals surface area contributed by atoms with Crippen LogP contribution in [0.1, 0.15) is 38.8 Å². The first-order chi connectivity index (χ1) is 14.8. The zero-order chi connectivity index (χ0) is 21.6. The second kappa shape index (κ2) is 6.23. The van der Waals surface area contributed by atoms with E-state index >= 15 is 0 Å². The van der Waals surface area contributed by atoms with Crippen molar-refractivity contribution in [1.82, 2.24) is 19.5 Å². The molecule has 12 nitrogen and oxygen atoms in total. The van der Waals surface area contributed by atoms with E-state index in [0.717, 1.165) is 19.3 Å². The Hall–Kier alpha value is -2.11. The molecule has 2 saturated carbocycles. The topological polar surface area (TPSA) is 145 Å². The fraction of sp³-hybridized carbons (Fsp3) is 0.667. The molecule has 3 unspecified atom stereocenters. The lowest BCUT2D eigenvalue weighted by atomic mass is 9.91. The predicted octanol–water partition coefficient (Wildman–Crippen LogP) is 2.01. The van der Waals surface area contributed by atoms with Crippen molar-refractivity contribution in [3.63, 3.8) is 0 Å². The summed E-state index contributed by atoms with van der Waals surface area (Å²) in [7, 11) is -2.27. The first-order valence-electron chi connectivity index (χ1n) is 10.2. The molecular formula is C18H23N6O6P. The molecule has 6 rings (SSSR count). The molecule has 2 N–H and O–H groups in total. The highest BCUT2D eigenvalue weighted by molar-refractivity contribution is 7.48. The Kier molecular flexibility index (Phi) is 3.93. The van der Waals surface area contributed by atoms with Gasteiger partial charge in [-0.25, -0.2) is 9.55 Å². The quantitative estimate of drug-likeness (QED) is 0.530. The number of aliphatic imine (C=N–C) groups is 1. The van der Waals surface area contributed by atoms with Gasteiger partial charge in [-0.15, -0.1) is 0 Å². The number of phosphoric acid groups is 1. The van der Waals surface area contributed by atoms with E-state index in [9.17, 15) is 4.57 Å². The predicted molar refractivity (Wildman–Crippen MR) is 108 cm³/mol. The maximum absolute atomic E-state index is 13.3. The molecule has 2 aromatic heterocycles. The van der Waals surface area contributed by atoms with Crippen molar-refractivity contribution in [2.24, 2.45) is 4.99 Å². The van der Waals surface area contributed by atoms with Gasteiger partial charge in [-0.05, 0) is 32.9 Å². The van der Waals surface area contributed by atoms with Crippen molar-refractivity contribution in [2.45, 2.75) is 68.3 Å². The number of methoxy groups -OCH3 is 1. The van der Waals surface area contributed by atoms with Crippen LogP contribution in [0.4, 0.5) is 5.95 Å². The number of imidazole rings is 1. The normalized spacial score (nSPS) is 41.4. The van der Waals surface area contributed by atoms with Crippen molar-refractivity contribution < 1.29 is 27.6 Å². The summed E-state index contributed by atoms with van der Waals surface area (Å²) < 4.78 is 44.2. The largest absolute Gasteiger partial charge is 0.479 e. The monoisotopic (exact) mass is 450 g/mol. The molecule has 2 aliphatic heterocycles. The zero-order valence-electron chi connectivity index (χ0n) is 17.1. The first-order valence-corrected chi connectivity index (χ1v) is 11.6. The highest BCUT2D eigenvalue weighted by atomic mass is 31.2. The Balaban J connectivity index is 1.41. The highest BCUT2D eigenvalue weighted by Crippen LogP contribution is 2.73. The molecule has 0 radical (unpaired) electrons. The molecule has 6 atom stereocenters. The van der Waals surface area contributed by atoms with Crippen LogP contribution in [0, 0.1) is 0 Å². The minimum absolute atomic E-state index is 0.0372. The Labute approximate surface area is 177 Å². The standard InChI is InChI=1S/C18H23N6O6P/c1-17(20-2)14-18(7-10(18)29-31(25,30-14)28-9-5-4-6-9)27-15(17)24-8-21-11-12(24)22-16(19)23-13(11)26-3/h8-10,14-15H,2,4-7H2,1,3H3,(H2,19,22,23)/t10?,14-,15+,17+,18?,31?/m0/s1. The lowest BCUT2D eigenvalue weighted by Crippen LogP contribution is -2.47. The third-order valence-corrected chi connectivity index (χ3v) is 8.25. The second-order valence-corrected chi connectivity index (χ2v) is 10.1. The van der Waals surface area contributed by atoms with Crippen LogP contribution >= 0.6 is 7.82 Å². The number of fused-ring (bicyclic) bond motifs is 1. The summed E-state index contributed by atoms with van der Waals surface area (Å²) in [6, 6.07) is 0. The molecule has 4 heterocycles. The van der Waals surface area contributed by atoms with E-state index < -0.39 is 37.4 Å². The van der Waals surface area contributed by atoms with Crippen molar-refractivity contribution in [3.05, 3.63) is 6.33 Å². The Morgan fingerprint density at radius 3 is 2.87 bits per heavy atom. The maximum atomic E-state index is 13.3. The molecule has 2 aliphatic carbocycles. The van der Waals surface area contributed by atoms with E-state index in [2.05, 4.69) is 26.7 Å². The summed E-state index contributed by atoms with van der Waals surface area (Å²) >= 11 is 0. The number of anilines is 1. The summed E-state index contributed by atoms with van der Waals surface area (Å²) in [5.74, 6) is 0.292. The molecule has 166 valence electrons. The van der Waals surface area contributed by atoms with Gasteiger partial charge in [-0.3, -0.25) is 23.1 Å². The average Bonchev–Trinajstić information content (AvgIpc) is 3.16. The number of nitrogens with two attached hydrogens (primary N) is 1. The molecule has 0 bridgehead atoms. The molecule has 31 heavy (non-hydrogen) atoms. The van der Waals surface area contributed by atoms with Crippen molar-refractivity contribution in [3.8, 4) is 5.88 Å². The maximum Gasteiger partial charge on any atom is 0.475 e. The Bertz CT molecular complexity index is 1140. The van der Waals surface area contributed by atoms with Crippen LogP contribution in [-0.4, -0.2) is 62.8 Å². The number of nitrogen functional groups attached to an aromatic ring is 1. The summed E-state index contributed by atoms with van der Waals surface area (Å²) in [4.78, 5) is 17.1. The Morgan fingerprint density at radius 1 is 1.39 bits per heavy atom. The third kappa shape index (κ3) is 2.59. The van der Waals surface area contributed by atoms with E-state index in [0.29, 0.717) is 17.6 Å². The molecule has 0 aromatic carbocycles. The van der Waals surface area contributed by atoms with E-state index in [1.54, 1.807) is 10.9 Å². The van der Waals surface area contributed by atoms with Crippen molar-refractivity contribution >= 4 is 31.7 Å². The number of ether oxygens (including phenoxy) is 2. The summed E-state index contributed by atoms with van der Waals surface area (Å²) in [5.41, 5.74) is 4.91. The van der Waals surface area contributed by atoms with Gasteiger partial charge in [-0.2, -0.15) is 9.97 Å². The highest BCUT2D eigenvalue weighted by Gasteiger charge is 2.80. The van der Waals surface area contributed by atoms with Gasteiger partial charge in [-0.1, -0.05) is 0 Å². The molecule has 2 aromatic rings. The molecule has 4 fully saturated rings. The van der Waals surface area contributed by atoms with Crippen LogP contribution < -0.4 is 10.5 Å². The zero-order valence-corrected chi connectivity index (χ0v) is 18.0. The third-order valence-electron chi connectivity index (χ3n) is 6.71. The fourth-order valence-electron chi connectivity index (χ4n) is 4.70. The van der Waals surface area contributed by atoms with Gasteiger partial charge >= 0.3 is 7.82 Å². The molecule has 4 aliphatic rings. The first kappa shape index (κ1) is 19.6. The van der Waals surface area contributed by atoms with Crippen LogP contribution in [0.5, 0.6) is 5.88 Å². The van der Waals surface area contributed by atoms with E-state index in [1.165, 1.54) is 7.11 Å². The van der Waals surface area contributed by atoms with Crippen LogP contribution in [-0.2, 0) is 22.9 Å². The Morgan fingerprint density at radius 2 is 2.19 bits per heavy atom. The number of aromatic nitrogens is 4. The SMILES string of the molecule is C=N[C@]1(C)[C@@H]2OP(=O)(OC3CCC3)OC3CC32O[C@H]1n1cnc2c(OC)nc(N)nc21. The number of nitrogens with zero attached hydrogens (tertiary/aromatic N) is 5. The van der Waals surface area contributed by atoms with Gasteiger partial charge in [0.15, 0.2) is 17.4 Å². The van der Waals surface area contributed by atoms with E-state index in [-0.39, 0.29) is 17.9 Å². The van der Waals surface area contributed by atoms with Gasteiger partial charge in [0.2, 0.25) is 11.8 Å². The van der Waals surface area contributed by atoms with Gasteiger partial charge in [0.25, 0.3) is 0 Å². The number of hydrogen-bond acceptors (Lipinski definition) is 11. The number of rotatable bonds is 5. The second-order valence-electron chi connectivity index (χ2n) is 8.61. The van der Waals surface area contributed by atoms with Crippen LogP contribution in [0.2, 0.25) is 0 Å². The molecule has 1 spiro atoms. The molecule has 2 saturated heterocycles. The van der Waals surface area contributed by atoms with Crippen LogP contribution in [0.25, 0.3) is 11.2 Å². The molecular weight excluding hydrogens is 427 g/mol. The van der Waals surface area contributed by atoms with E-state index in [4.69, 9.17) is 28.8 Å². The minimum atomic E-state index is -3.75. The summed E-state index contributed by atoms with van der Waals surface area (Å²) in [6.45, 7) is 5.62. The number of phosphoric ester groups is 1. The minimum Gasteiger partial charge on any atom is -0.479 e. The fourth-order valence-corrected chi connectivity index (χ4v) is 6.64. The van der Waals surface area contributed by atoms with Gasteiger partial charge in [0, 0.05) is 6.42 Å². The van der Waals surface area contributed by atoms with Crippen LogP contribution in [0.3, 0.4) is 0 Å². The summed E-state index contributed by atoms with van der Waals surface area (Å²) in [6.07, 6.45) is 2.91.